The van der Waals surface area contributed by atoms with Gasteiger partial charge >= 0.3 is 0 Å². The predicted molar refractivity (Wildman–Crippen MR) is 107 cm³/mol. The fourth-order valence-corrected chi connectivity index (χ4v) is 4.25. The number of amides is 1. The molecule has 1 aromatic carbocycles. The first kappa shape index (κ1) is 19.2. The minimum atomic E-state index is -0.373. The Hall–Kier alpha value is -1.55. The number of nitrogens with zero attached hydrogens (tertiary/aromatic N) is 1. The van der Waals surface area contributed by atoms with Crippen LogP contribution in [-0.2, 0) is 4.79 Å². The summed E-state index contributed by atoms with van der Waals surface area (Å²) in [7, 11) is 0. The number of aryl methyl sites for hydroxylation is 1. The van der Waals surface area contributed by atoms with E-state index in [2.05, 4.69) is 24.1 Å². The number of carbonyl (C=O) groups excluding carboxylic acids is 1. The van der Waals surface area contributed by atoms with Gasteiger partial charge in [-0.15, -0.1) is 0 Å². The van der Waals surface area contributed by atoms with E-state index in [1.165, 1.54) is 45.2 Å². The van der Waals surface area contributed by atoms with Crippen LogP contribution in [0.15, 0.2) is 18.2 Å². The van der Waals surface area contributed by atoms with Gasteiger partial charge in [-0.1, -0.05) is 39.2 Å². The molecule has 3 rings (SSSR count). The van der Waals surface area contributed by atoms with E-state index in [0.29, 0.717) is 5.92 Å². The molecule has 0 bridgehead atoms. The lowest BCUT2D eigenvalue weighted by Gasteiger charge is -2.34. The van der Waals surface area contributed by atoms with Crippen molar-refractivity contribution in [3.8, 4) is 5.75 Å². The number of fused-ring (bicyclic) bond motifs is 1. The molecule has 2 unspecified atom stereocenters. The maximum absolute atomic E-state index is 12.4. The molecular weight excluding hydrogens is 324 g/mol. The predicted octanol–water partition coefficient (Wildman–Crippen LogP) is 4.62. The number of piperidine rings is 1. The smallest absolute Gasteiger partial charge is 0.265 e. The van der Waals surface area contributed by atoms with Crippen LogP contribution in [-0.4, -0.2) is 36.5 Å². The minimum absolute atomic E-state index is 0.00627. The number of nitrogens with one attached hydrogen (secondary N) is 1. The van der Waals surface area contributed by atoms with Gasteiger partial charge in [0.15, 0.2) is 6.10 Å². The number of carbonyl (C=O) groups is 1. The summed E-state index contributed by atoms with van der Waals surface area (Å²) in [4.78, 5) is 15.0. The van der Waals surface area contributed by atoms with Crippen molar-refractivity contribution < 1.29 is 9.53 Å². The zero-order chi connectivity index (χ0) is 18.5. The van der Waals surface area contributed by atoms with Gasteiger partial charge in [0.05, 0.1) is 5.69 Å². The number of benzene rings is 1. The second-order valence-corrected chi connectivity index (χ2v) is 8.32. The van der Waals surface area contributed by atoms with Gasteiger partial charge in [0.1, 0.15) is 5.75 Å². The van der Waals surface area contributed by atoms with Gasteiger partial charge in [-0.25, -0.2) is 0 Å². The van der Waals surface area contributed by atoms with Crippen LogP contribution in [0.25, 0.3) is 0 Å². The van der Waals surface area contributed by atoms with E-state index in [0.717, 1.165) is 35.9 Å². The minimum Gasteiger partial charge on any atom is -0.478 e. The summed E-state index contributed by atoms with van der Waals surface area (Å²) in [5, 5.41) is 3.01. The normalized spacial score (nSPS) is 22.4. The van der Waals surface area contributed by atoms with E-state index in [4.69, 9.17) is 4.74 Å². The van der Waals surface area contributed by atoms with Crippen LogP contribution in [0.2, 0.25) is 0 Å². The third kappa shape index (κ3) is 5.00. The molecule has 0 aliphatic carbocycles. The van der Waals surface area contributed by atoms with Gasteiger partial charge in [-0.05, 0) is 68.8 Å². The Morgan fingerprint density at radius 2 is 2.08 bits per heavy atom. The van der Waals surface area contributed by atoms with Crippen molar-refractivity contribution in [2.45, 2.75) is 65.4 Å². The number of likely N-dealkylation sites (tertiary alicyclic amines) is 1. The summed E-state index contributed by atoms with van der Waals surface area (Å²) in [6.45, 7) is 10.0. The Bertz CT molecular complexity index is 608. The molecule has 0 aromatic heterocycles. The molecule has 2 atom stereocenters. The summed E-state index contributed by atoms with van der Waals surface area (Å²) >= 11 is 0. The zero-order valence-electron chi connectivity index (χ0n) is 16.6. The lowest BCUT2D eigenvalue weighted by Crippen LogP contribution is -2.41. The van der Waals surface area contributed by atoms with Crippen molar-refractivity contribution in [1.29, 1.82) is 0 Å². The quantitative estimate of drug-likeness (QED) is 0.773. The van der Waals surface area contributed by atoms with Crippen LogP contribution < -0.4 is 10.1 Å². The molecule has 1 aromatic rings. The first-order valence-electron chi connectivity index (χ1n) is 10.4. The van der Waals surface area contributed by atoms with Crippen LogP contribution in [0.4, 0.5) is 5.69 Å². The van der Waals surface area contributed by atoms with E-state index >= 15 is 0 Å². The second-order valence-electron chi connectivity index (χ2n) is 8.32. The highest BCUT2D eigenvalue weighted by atomic mass is 16.5. The monoisotopic (exact) mass is 358 g/mol. The van der Waals surface area contributed by atoms with E-state index < -0.39 is 0 Å². The van der Waals surface area contributed by atoms with Crippen molar-refractivity contribution in [3.63, 3.8) is 0 Å². The number of rotatable bonds is 7. The molecule has 2 aliphatic rings. The van der Waals surface area contributed by atoms with Crippen molar-refractivity contribution >= 4 is 11.6 Å². The molecular formula is C22H34N2O2. The van der Waals surface area contributed by atoms with Crippen LogP contribution in [0.1, 0.15) is 57.9 Å². The van der Waals surface area contributed by atoms with Crippen LogP contribution in [0.3, 0.4) is 0 Å². The molecule has 0 radical (unpaired) electrons. The highest BCUT2D eigenvalue weighted by Crippen LogP contribution is 2.32. The largest absolute Gasteiger partial charge is 0.478 e. The average molecular weight is 359 g/mol. The number of hydrogen-bond acceptors (Lipinski definition) is 3. The van der Waals surface area contributed by atoms with Crippen molar-refractivity contribution in [2.75, 3.05) is 25.0 Å². The van der Waals surface area contributed by atoms with Crippen molar-refractivity contribution in [2.24, 2.45) is 11.8 Å². The van der Waals surface area contributed by atoms with Gasteiger partial charge in [-0.3, -0.25) is 4.79 Å². The molecule has 1 fully saturated rings. The van der Waals surface area contributed by atoms with Crippen LogP contribution in [0, 0.1) is 18.8 Å². The first-order chi connectivity index (χ1) is 12.5. The first-order valence-corrected chi connectivity index (χ1v) is 10.4. The maximum Gasteiger partial charge on any atom is 0.265 e. The Morgan fingerprint density at radius 1 is 1.31 bits per heavy atom. The number of hydrogen-bond donors (Lipinski definition) is 1. The summed E-state index contributed by atoms with van der Waals surface area (Å²) in [5.41, 5.74) is 1.93. The summed E-state index contributed by atoms with van der Waals surface area (Å²) in [6, 6.07) is 5.96. The fraction of sp³-hybridized carbons (Fsp3) is 0.682. The third-order valence-corrected chi connectivity index (χ3v) is 5.81. The standard InChI is InChI=1S/C22H34N2O2/c1-4-5-6-18-9-11-24(12-10-18)15-17(3)14-21-22(25)23-19-13-16(2)7-8-20(19)26-21/h7-8,13,17-18,21H,4-6,9-12,14-15H2,1-3H3,(H,23,25). The van der Waals surface area contributed by atoms with E-state index in [1.807, 2.05) is 25.1 Å². The Labute approximate surface area is 158 Å². The molecule has 2 heterocycles. The van der Waals surface area contributed by atoms with Gasteiger partial charge in [0, 0.05) is 6.54 Å². The maximum atomic E-state index is 12.4. The molecule has 2 aliphatic heterocycles. The highest BCUT2D eigenvalue weighted by Gasteiger charge is 2.30. The molecule has 144 valence electrons. The third-order valence-electron chi connectivity index (χ3n) is 5.81. The summed E-state index contributed by atoms with van der Waals surface area (Å²) < 4.78 is 5.99. The molecule has 26 heavy (non-hydrogen) atoms. The van der Waals surface area contributed by atoms with E-state index in [1.54, 1.807) is 0 Å². The Morgan fingerprint density at radius 3 is 2.81 bits per heavy atom. The van der Waals surface area contributed by atoms with Gasteiger partial charge in [0.25, 0.3) is 5.91 Å². The topological polar surface area (TPSA) is 41.6 Å². The molecule has 4 nitrogen and oxygen atoms in total. The van der Waals surface area contributed by atoms with Gasteiger partial charge in [-0.2, -0.15) is 0 Å². The SMILES string of the molecule is CCCCC1CCN(CC(C)CC2Oc3ccc(C)cc3NC2=O)CC1. The Kier molecular flexibility index (Phi) is 6.58. The number of ether oxygens (including phenoxy) is 1. The zero-order valence-corrected chi connectivity index (χ0v) is 16.6. The van der Waals surface area contributed by atoms with Gasteiger partial charge < -0.3 is 15.0 Å². The summed E-state index contributed by atoms with van der Waals surface area (Å²) in [6.07, 6.45) is 7.14. The molecule has 0 spiro atoms. The fourth-order valence-electron chi connectivity index (χ4n) is 4.25. The average Bonchev–Trinajstić information content (AvgIpc) is 2.62. The van der Waals surface area contributed by atoms with Crippen molar-refractivity contribution in [3.05, 3.63) is 23.8 Å². The lowest BCUT2D eigenvalue weighted by atomic mass is 9.91. The molecule has 4 heteroatoms. The Balaban J connectivity index is 1.46. The van der Waals surface area contributed by atoms with Gasteiger partial charge in [0.2, 0.25) is 0 Å². The number of anilines is 1. The molecule has 1 saturated heterocycles. The van der Waals surface area contributed by atoms with Crippen molar-refractivity contribution in [1.82, 2.24) is 4.90 Å². The molecule has 1 amide bonds. The molecule has 0 saturated carbocycles. The highest BCUT2D eigenvalue weighted by molar-refractivity contribution is 5.97. The number of unbranched alkanes of at least 4 members (excludes halogenated alkanes) is 1. The van der Waals surface area contributed by atoms with Crippen LogP contribution in [0.5, 0.6) is 5.75 Å². The van der Waals surface area contributed by atoms with E-state index in [9.17, 15) is 4.79 Å². The van der Waals surface area contributed by atoms with Crippen LogP contribution >= 0.6 is 0 Å². The van der Waals surface area contributed by atoms with E-state index in [-0.39, 0.29) is 12.0 Å². The molecule has 1 N–H and O–H groups in total. The lowest BCUT2D eigenvalue weighted by molar-refractivity contribution is -0.124. The second kappa shape index (κ2) is 8.90. The summed E-state index contributed by atoms with van der Waals surface area (Å²) in [5.74, 6) is 2.16.